The van der Waals surface area contributed by atoms with Gasteiger partial charge < -0.3 is 13.4 Å². The first kappa shape index (κ1) is 39.0. The molecular weight excluding hydrogens is 873 g/mol. The minimum Gasteiger partial charge on any atom is -0.456 e. The van der Waals surface area contributed by atoms with Crippen LogP contribution in [0.5, 0.6) is 0 Å². The Bertz CT molecular complexity index is 4590. The van der Waals surface area contributed by atoms with Gasteiger partial charge in [-0.2, -0.15) is 0 Å². The van der Waals surface area contributed by atoms with E-state index in [1.807, 2.05) is 29.5 Å². The van der Waals surface area contributed by atoms with E-state index in [0.717, 1.165) is 94.3 Å². The number of hydrogen-bond donors (Lipinski definition) is 0. The van der Waals surface area contributed by atoms with E-state index in [1.165, 1.54) is 53.1 Å². The Balaban J connectivity index is 0.844. The summed E-state index contributed by atoms with van der Waals surface area (Å²) in [5.41, 5.74) is 17.7. The molecule has 326 valence electrons. The number of thiophene rings is 1. The molecule has 15 rings (SSSR count). The highest BCUT2D eigenvalue weighted by atomic mass is 32.1. The van der Waals surface area contributed by atoms with E-state index in [9.17, 15) is 0 Å². The molecule has 0 saturated heterocycles. The zero-order valence-corrected chi connectivity index (χ0v) is 38.4. The molecule has 0 atom stereocenters. The van der Waals surface area contributed by atoms with Crippen molar-refractivity contribution in [2.45, 2.75) is 0 Å². The first-order valence-electron chi connectivity index (χ1n) is 23.7. The Kier molecular flexibility index (Phi) is 8.49. The SMILES string of the molecule is c1ccc(-c2cc(-c3ccc4c(c3)oc3ccccc34)cc(-c3cccc4oc5ccc(-c6ccc7sc8ccc(-c9ccc%10c(c9)c9ccccc9n%10-c9ccccc9)cc8c7c6)cc5c34)n2)cc1. The van der Waals surface area contributed by atoms with Crippen molar-refractivity contribution in [3.8, 4) is 61.6 Å². The summed E-state index contributed by atoms with van der Waals surface area (Å²) in [5, 5.41) is 9.36. The van der Waals surface area contributed by atoms with Crippen molar-refractivity contribution < 1.29 is 8.83 Å². The van der Waals surface area contributed by atoms with Gasteiger partial charge in [-0.1, -0.05) is 127 Å². The van der Waals surface area contributed by atoms with Gasteiger partial charge in [0.25, 0.3) is 0 Å². The summed E-state index contributed by atoms with van der Waals surface area (Å²) in [7, 11) is 0. The second-order valence-electron chi connectivity index (χ2n) is 18.2. The lowest BCUT2D eigenvalue weighted by molar-refractivity contribution is 0.668. The molecule has 0 N–H and O–H groups in total. The Hall–Kier alpha value is -9.03. The van der Waals surface area contributed by atoms with Gasteiger partial charge in [-0.3, -0.25) is 0 Å². The molecule has 0 amide bonds. The lowest BCUT2D eigenvalue weighted by atomic mass is 9.96. The summed E-state index contributed by atoms with van der Waals surface area (Å²) in [6, 6.07) is 82.6. The van der Waals surface area contributed by atoms with Crippen LogP contribution in [0, 0.1) is 0 Å². The molecule has 5 aromatic heterocycles. The van der Waals surface area contributed by atoms with Gasteiger partial charge in [-0.15, -0.1) is 11.3 Å². The maximum absolute atomic E-state index is 6.62. The van der Waals surface area contributed by atoms with Crippen molar-refractivity contribution in [3.05, 3.63) is 231 Å². The highest BCUT2D eigenvalue weighted by Gasteiger charge is 2.19. The summed E-state index contributed by atoms with van der Waals surface area (Å²) >= 11 is 1.85. The van der Waals surface area contributed by atoms with Crippen LogP contribution in [0.3, 0.4) is 0 Å². The number of para-hydroxylation sites is 3. The Labute approximate surface area is 405 Å². The molecule has 0 spiro atoms. The topological polar surface area (TPSA) is 44.1 Å². The van der Waals surface area contributed by atoms with Gasteiger partial charge in [0.1, 0.15) is 22.3 Å². The van der Waals surface area contributed by atoms with Gasteiger partial charge >= 0.3 is 0 Å². The summed E-state index contributed by atoms with van der Waals surface area (Å²) in [5.74, 6) is 0. The average molecular weight is 911 g/mol. The normalized spacial score (nSPS) is 12.0. The van der Waals surface area contributed by atoms with Crippen molar-refractivity contribution in [2.75, 3.05) is 0 Å². The highest BCUT2D eigenvalue weighted by Crippen LogP contribution is 2.44. The number of aromatic nitrogens is 2. The molecule has 0 bridgehead atoms. The summed E-state index contributed by atoms with van der Waals surface area (Å²) < 4.78 is 17.9. The van der Waals surface area contributed by atoms with Crippen LogP contribution in [-0.4, -0.2) is 9.55 Å². The van der Waals surface area contributed by atoms with E-state index in [4.69, 9.17) is 13.8 Å². The fraction of sp³-hybridized carbons (Fsp3) is 0. The van der Waals surface area contributed by atoms with Crippen LogP contribution in [-0.2, 0) is 0 Å². The predicted octanol–water partition coefficient (Wildman–Crippen LogP) is 18.7. The van der Waals surface area contributed by atoms with E-state index < -0.39 is 0 Å². The van der Waals surface area contributed by atoms with Crippen LogP contribution in [0.1, 0.15) is 0 Å². The standard InChI is InChI=1S/C65H38N2O2S/c1-3-12-39(13-4-1)55-36-45(44-22-27-49-48-17-8-10-20-59(48)69-62(49)38-44)37-56(66-55)50-18-11-21-61-65(50)54-35-41(24-29-60(54)68-61)43-26-31-64-53(34-43)52-33-42(25-30-63(52)70-64)40-23-28-58-51(32-40)47-16-7-9-19-57(47)67(58)46-14-5-2-6-15-46/h1-38H. The zero-order chi connectivity index (χ0) is 45.9. The fourth-order valence-electron chi connectivity index (χ4n) is 10.9. The summed E-state index contributed by atoms with van der Waals surface area (Å²) in [6.07, 6.45) is 0. The lowest BCUT2D eigenvalue weighted by Crippen LogP contribution is -1.92. The van der Waals surface area contributed by atoms with Gasteiger partial charge in [-0.05, 0) is 137 Å². The molecule has 4 nitrogen and oxygen atoms in total. The van der Waals surface area contributed by atoms with E-state index >= 15 is 0 Å². The van der Waals surface area contributed by atoms with Crippen LogP contribution in [0.15, 0.2) is 239 Å². The quantitative estimate of drug-likeness (QED) is 0.167. The second kappa shape index (κ2) is 15.2. The van der Waals surface area contributed by atoms with Crippen LogP contribution >= 0.6 is 11.3 Å². The molecule has 0 aliphatic rings. The number of rotatable bonds is 6. The number of nitrogens with zero attached hydrogens (tertiary/aromatic N) is 2. The number of hydrogen-bond acceptors (Lipinski definition) is 4. The van der Waals surface area contributed by atoms with Crippen molar-refractivity contribution in [1.82, 2.24) is 9.55 Å². The number of benzene rings is 10. The van der Waals surface area contributed by atoms with E-state index in [2.05, 4.69) is 217 Å². The molecular formula is C65H38N2O2S. The molecule has 5 heterocycles. The second-order valence-corrected chi connectivity index (χ2v) is 19.3. The van der Waals surface area contributed by atoms with Gasteiger partial charge in [0.05, 0.1) is 22.4 Å². The van der Waals surface area contributed by atoms with E-state index in [0.29, 0.717) is 0 Å². The first-order valence-corrected chi connectivity index (χ1v) is 24.5. The van der Waals surface area contributed by atoms with Crippen LogP contribution < -0.4 is 0 Å². The van der Waals surface area contributed by atoms with Crippen LogP contribution in [0.25, 0.3) is 147 Å². The van der Waals surface area contributed by atoms with Gasteiger partial charge in [0.15, 0.2) is 0 Å². The van der Waals surface area contributed by atoms with Crippen LogP contribution in [0.2, 0.25) is 0 Å². The van der Waals surface area contributed by atoms with Crippen molar-refractivity contribution in [1.29, 1.82) is 0 Å². The molecule has 5 heteroatoms. The predicted molar refractivity (Wildman–Crippen MR) is 293 cm³/mol. The molecule has 10 aromatic carbocycles. The summed E-state index contributed by atoms with van der Waals surface area (Å²) in [4.78, 5) is 5.38. The molecule has 0 radical (unpaired) electrons. The van der Waals surface area contributed by atoms with Crippen LogP contribution in [0.4, 0.5) is 0 Å². The molecule has 0 saturated carbocycles. The zero-order valence-electron chi connectivity index (χ0n) is 37.6. The van der Waals surface area contributed by atoms with E-state index in [1.54, 1.807) is 0 Å². The number of pyridine rings is 1. The van der Waals surface area contributed by atoms with Gasteiger partial charge in [0, 0.05) is 69.3 Å². The first-order chi connectivity index (χ1) is 34.6. The molecule has 0 aliphatic carbocycles. The van der Waals surface area contributed by atoms with Crippen molar-refractivity contribution >= 4 is 97.2 Å². The molecule has 15 aromatic rings. The third-order valence-electron chi connectivity index (χ3n) is 14.2. The van der Waals surface area contributed by atoms with Gasteiger partial charge in [0.2, 0.25) is 0 Å². The monoisotopic (exact) mass is 910 g/mol. The maximum atomic E-state index is 6.62. The molecule has 0 unspecified atom stereocenters. The largest absolute Gasteiger partial charge is 0.456 e. The van der Waals surface area contributed by atoms with Crippen molar-refractivity contribution in [3.63, 3.8) is 0 Å². The molecule has 70 heavy (non-hydrogen) atoms. The van der Waals surface area contributed by atoms with Crippen molar-refractivity contribution in [2.24, 2.45) is 0 Å². The molecule has 0 aliphatic heterocycles. The lowest BCUT2D eigenvalue weighted by Gasteiger charge is -2.11. The maximum Gasteiger partial charge on any atom is 0.136 e. The smallest absolute Gasteiger partial charge is 0.136 e. The molecule has 0 fully saturated rings. The summed E-state index contributed by atoms with van der Waals surface area (Å²) in [6.45, 7) is 0. The Morgan fingerprint density at radius 2 is 0.871 bits per heavy atom. The third kappa shape index (κ3) is 6.12. The average Bonchev–Trinajstić information content (AvgIpc) is 4.19. The number of furan rings is 2. The fourth-order valence-corrected chi connectivity index (χ4v) is 11.9. The highest BCUT2D eigenvalue weighted by molar-refractivity contribution is 7.25. The Morgan fingerprint density at radius 1 is 0.314 bits per heavy atom. The van der Waals surface area contributed by atoms with E-state index in [-0.39, 0.29) is 0 Å². The minimum absolute atomic E-state index is 0.830. The third-order valence-corrected chi connectivity index (χ3v) is 15.4. The minimum atomic E-state index is 0.830. The number of fused-ring (bicyclic) bond motifs is 12. The van der Waals surface area contributed by atoms with Gasteiger partial charge in [-0.25, -0.2) is 4.98 Å². The Morgan fingerprint density at radius 3 is 1.67 bits per heavy atom.